The van der Waals surface area contributed by atoms with Crippen LogP contribution in [0, 0.1) is 0 Å². The number of unbranched alkanes of at least 4 members (excludes halogenated alkanes) is 1. The third-order valence-electron chi connectivity index (χ3n) is 5.46. The van der Waals surface area contributed by atoms with Gasteiger partial charge in [-0.15, -0.1) is 0 Å². The van der Waals surface area contributed by atoms with Crippen molar-refractivity contribution in [3.63, 3.8) is 0 Å². The molecule has 1 heterocycles. The number of Topliss-reactive ketones (excluding diaryl/α,β-unsaturated/α-hetero) is 1. The molecular formula is C26H24N2O3. The predicted octanol–water partition coefficient (Wildman–Crippen LogP) is 5.36. The first-order valence-corrected chi connectivity index (χ1v) is 10.5. The number of hydrogen-bond acceptors (Lipinski definition) is 3. The lowest BCUT2D eigenvalue weighted by molar-refractivity contribution is -0.131. The zero-order chi connectivity index (χ0) is 21.8. The Labute approximate surface area is 181 Å². The molecule has 0 bridgehead atoms. The monoisotopic (exact) mass is 412 g/mol. The summed E-state index contributed by atoms with van der Waals surface area (Å²) in [5.74, 6) is -1.26. The minimum atomic E-state index is -1.45. The molecule has 5 heteroatoms. The van der Waals surface area contributed by atoms with E-state index >= 15 is 0 Å². The maximum Gasteiger partial charge on any atom is 0.377 e. The third-order valence-corrected chi connectivity index (χ3v) is 5.46. The molecule has 0 aliphatic carbocycles. The highest BCUT2D eigenvalue weighted by Crippen LogP contribution is 2.26. The van der Waals surface area contributed by atoms with Gasteiger partial charge in [0.15, 0.2) is 0 Å². The summed E-state index contributed by atoms with van der Waals surface area (Å²) in [5, 5.41) is 9.11. The number of carbonyl (C=O) groups is 2. The summed E-state index contributed by atoms with van der Waals surface area (Å²) in [6.45, 7) is 2.88. The van der Waals surface area contributed by atoms with Crippen molar-refractivity contribution in [1.29, 1.82) is 0 Å². The zero-order valence-corrected chi connectivity index (χ0v) is 17.4. The molecule has 31 heavy (non-hydrogen) atoms. The quantitative estimate of drug-likeness (QED) is 0.312. The number of fused-ring (bicyclic) bond motifs is 1. The number of carboxylic acid groups (broad SMARTS) is 1. The SMILES string of the molecule is CCCCc1nc2ccccc2n1Cc1ccc(-c2ccccc2C(=O)C(=O)O)cc1. The van der Waals surface area contributed by atoms with Crippen LogP contribution < -0.4 is 0 Å². The van der Waals surface area contributed by atoms with E-state index in [1.807, 2.05) is 42.5 Å². The Bertz CT molecular complexity index is 1240. The summed E-state index contributed by atoms with van der Waals surface area (Å²) in [7, 11) is 0. The average molecular weight is 412 g/mol. The molecule has 0 unspecified atom stereocenters. The lowest BCUT2D eigenvalue weighted by atomic mass is 9.96. The molecule has 0 saturated carbocycles. The number of carbonyl (C=O) groups excluding carboxylic acids is 1. The summed E-state index contributed by atoms with van der Waals surface area (Å²) >= 11 is 0. The van der Waals surface area contributed by atoms with Crippen molar-refractivity contribution in [2.24, 2.45) is 0 Å². The van der Waals surface area contributed by atoms with Crippen LogP contribution in [0.2, 0.25) is 0 Å². The molecule has 156 valence electrons. The molecule has 0 aliphatic heterocycles. The topological polar surface area (TPSA) is 72.2 Å². The number of para-hydroxylation sites is 2. The van der Waals surface area contributed by atoms with E-state index in [-0.39, 0.29) is 5.56 Å². The van der Waals surface area contributed by atoms with Crippen LogP contribution in [0.5, 0.6) is 0 Å². The molecule has 4 rings (SSSR count). The van der Waals surface area contributed by atoms with Crippen molar-refractivity contribution in [2.75, 3.05) is 0 Å². The molecule has 0 radical (unpaired) electrons. The standard InChI is InChI=1S/C26H24N2O3/c1-2-3-12-24-27-22-10-6-7-11-23(22)28(24)17-18-13-15-19(16-14-18)20-8-4-5-9-21(20)25(29)26(30)31/h4-11,13-16H,2-3,12,17H2,1H3,(H,30,31). The van der Waals surface area contributed by atoms with Crippen LogP contribution in [-0.4, -0.2) is 26.4 Å². The first-order valence-electron chi connectivity index (χ1n) is 10.5. The van der Waals surface area contributed by atoms with Gasteiger partial charge in [0.2, 0.25) is 0 Å². The summed E-state index contributed by atoms with van der Waals surface area (Å²) in [6, 6.07) is 22.9. The minimum absolute atomic E-state index is 0.199. The number of aromatic nitrogens is 2. The Morgan fingerprint density at radius 1 is 0.935 bits per heavy atom. The number of aryl methyl sites for hydroxylation is 1. The van der Waals surface area contributed by atoms with Gasteiger partial charge in [0, 0.05) is 18.5 Å². The van der Waals surface area contributed by atoms with Crippen LogP contribution >= 0.6 is 0 Å². The van der Waals surface area contributed by atoms with Crippen molar-refractivity contribution in [3.8, 4) is 11.1 Å². The van der Waals surface area contributed by atoms with Gasteiger partial charge in [-0.05, 0) is 35.2 Å². The van der Waals surface area contributed by atoms with Gasteiger partial charge in [0.05, 0.1) is 11.0 Å². The van der Waals surface area contributed by atoms with Gasteiger partial charge in [0.25, 0.3) is 5.78 Å². The van der Waals surface area contributed by atoms with Gasteiger partial charge in [0.1, 0.15) is 5.82 Å². The fraction of sp³-hybridized carbons (Fsp3) is 0.192. The number of ketones is 1. The lowest BCUT2D eigenvalue weighted by Gasteiger charge is -2.11. The molecule has 0 atom stereocenters. The van der Waals surface area contributed by atoms with Crippen LogP contribution in [-0.2, 0) is 17.8 Å². The number of hydrogen-bond donors (Lipinski definition) is 1. The summed E-state index contributed by atoms with van der Waals surface area (Å²) in [5.41, 5.74) is 4.88. The highest BCUT2D eigenvalue weighted by molar-refractivity contribution is 6.41. The Balaban J connectivity index is 1.65. The van der Waals surface area contributed by atoms with Crippen molar-refractivity contribution >= 4 is 22.8 Å². The first kappa shape index (κ1) is 20.5. The van der Waals surface area contributed by atoms with Crippen molar-refractivity contribution in [2.45, 2.75) is 32.7 Å². The first-order chi connectivity index (χ1) is 15.1. The fourth-order valence-corrected chi connectivity index (χ4v) is 3.85. The fourth-order valence-electron chi connectivity index (χ4n) is 3.85. The molecule has 3 aromatic carbocycles. The molecule has 1 N–H and O–H groups in total. The molecule has 5 nitrogen and oxygen atoms in total. The number of aliphatic carboxylic acids is 1. The van der Waals surface area contributed by atoms with E-state index in [9.17, 15) is 9.59 Å². The second kappa shape index (κ2) is 8.96. The Morgan fingerprint density at radius 2 is 1.65 bits per heavy atom. The second-order valence-corrected chi connectivity index (χ2v) is 7.58. The number of imidazole rings is 1. The molecule has 4 aromatic rings. The molecule has 0 amide bonds. The highest BCUT2D eigenvalue weighted by atomic mass is 16.4. The van der Waals surface area contributed by atoms with E-state index in [1.54, 1.807) is 24.3 Å². The molecule has 0 aliphatic rings. The highest BCUT2D eigenvalue weighted by Gasteiger charge is 2.19. The van der Waals surface area contributed by atoms with E-state index in [0.29, 0.717) is 12.1 Å². The van der Waals surface area contributed by atoms with E-state index < -0.39 is 11.8 Å². The van der Waals surface area contributed by atoms with Crippen molar-refractivity contribution in [3.05, 3.63) is 89.7 Å². The predicted molar refractivity (Wildman–Crippen MR) is 121 cm³/mol. The molecule has 0 spiro atoms. The smallest absolute Gasteiger partial charge is 0.377 e. The van der Waals surface area contributed by atoms with Gasteiger partial charge in [-0.25, -0.2) is 9.78 Å². The maximum atomic E-state index is 12.1. The summed E-state index contributed by atoms with van der Waals surface area (Å²) in [6.07, 6.45) is 3.15. The maximum absolute atomic E-state index is 12.1. The minimum Gasteiger partial charge on any atom is -0.475 e. The van der Waals surface area contributed by atoms with Crippen LogP contribution in [0.15, 0.2) is 72.8 Å². The Morgan fingerprint density at radius 3 is 2.39 bits per heavy atom. The van der Waals surface area contributed by atoms with E-state index in [4.69, 9.17) is 10.1 Å². The Kier molecular flexibility index (Phi) is 5.94. The normalized spacial score (nSPS) is 11.0. The summed E-state index contributed by atoms with van der Waals surface area (Å²) < 4.78 is 2.27. The van der Waals surface area contributed by atoms with Gasteiger partial charge in [-0.3, -0.25) is 4.79 Å². The van der Waals surface area contributed by atoms with Gasteiger partial charge in [-0.2, -0.15) is 0 Å². The number of benzene rings is 3. The van der Waals surface area contributed by atoms with Gasteiger partial charge >= 0.3 is 5.97 Å². The lowest BCUT2D eigenvalue weighted by Crippen LogP contribution is -2.13. The average Bonchev–Trinajstić information content (AvgIpc) is 3.15. The Hall–Kier alpha value is -3.73. The van der Waals surface area contributed by atoms with E-state index in [2.05, 4.69) is 17.6 Å². The van der Waals surface area contributed by atoms with Crippen molar-refractivity contribution < 1.29 is 14.7 Å². The van der Waals surface area contributed by atoms with E-state index in [0.717, 1.165) is 47.2 Å². The van der Waals surface area contributed by atoms with E-state index in [1.165, 1.54) is 0 Å². The molecule has 1 aromatic heterocycles. The van der Waals surface area contributed by atoms with Crippen LogP contribution in [0.25, 0.3) is 22.2 Å². The molecular weight excluding hydrogens is 388 g/mol. The second-order valence-electron chi connectivity index (χ2n) is 7.58. The van der Waals surface area contributed by atoms with Crippen molar-refractivity contribution in [1.82, 2.24) is 9.55 Å². The summed E-state index contributed by atoms with van der Waals surface area (Å²) in [4.78, 5) is 28.1. The number of carboxylic acids is 1. The zero-order valence-electron chi connectivity index (χ0n) is 17.4. The largest absolute Gasteiger partial charge is 0.475 e. The van der Waals surface area contributed by atoms with Crippen LogP contribution in [0.1, 0.15) is 41.5 Å². The number of rotatable bonds is 8. The third kappa shape index (κ3) is 4.26. The van der Waals surface area contributed by atoms with Crippen LogP contribution in [0.3, 0.4) is 0 Å². The van der Waals surface area contributed by atoms with Gasteiger partial charge in [-0.1, -0.05) is 74.0 Å². The molecule has 0 saturated heterocycles. The van der Waals surface area contributed by atoms with Gasteiger partial charge < -0.3 is 9.67 Å². The number of nitrogens with zero attached hydrogens (tertiary/aromatic N) is 2. The molecule has 0 fully saturated rings. The van der Waals surface area contributed by atoms with Crippen LogP contribution in [0.4, 0.5) is 0 Å².